The Morgan fingerprint density at radius 2 is 2.12 bits per heavy atom. The molecule has 6 nitrogen and oxygen atoms in total. The molecule has 1 N–H and O–H groups in total. The summed E-state index contributed by atoms with van der Waals surface area (Å²) in [6, 6.07) is 0. The van der Waals surface area contributed by atoms with E-state index in [0.29, 0.717) is 6.42 Å². The Balaban J connectivity index is 1.83. The summed E-state index contributed by atoms with van der Waals surface area (Å²) in [4.78, 5) is 11.2. The van der Waals surface area contributed by atoms with Gasteiger partial charge in [0.1, 0.15) is 18.3 Å². The molecule has 3 aliphatic rings. The molecule has 3 rings (SSSR count). The first-order valence-corrected chi connectivity index (χ1v) is 5.81. The van der Waals surface area contributed by atoms with Crippen molar-refractivity contribution in [1.82, 2.24) is 0 Å². The van der Waals surface area contributed by atoms with Crippen LogP contribution < -0.4 is 0 Å². The summed E-state index contributed by atoms with van der Waals surface area (Å²) in [5.41, 5.74) is 0. The van der Waals surface area contributed by atoms with Gasteiger partial charge >= 0.3 is 5.97 Å². The van der Waals surface area contributed by atoms with Gasteiger partial charge in [-0.1, -0.05) is 0 Å². The summed E-state index contributed by atoms with van der Waals surface area (Å²) < 4.78 is 21.9. The van der Waals surface area contributed by atoms with Gasteiger partial charge in [0.15, 0.2) is 5.79 Å². The predicted molar refractivity (Wildman–Crippen MR) is 53.8 cm³/mol. The summed E-state index contributed by atoms with van der Waals surface area (Å²) in [7, 11) is 0. The second-order valence-electron chi connectivity index (χ2n) is 5.18. The average molecular weight is 244 g/mol. The molecule has 0 aromatic carbocycles. The maximum absolute atomic E-state index is 11.2. The third-order valence-electron chi connectivity index (χ3n) is 3.44. The van der Waals surface area contributed by atoms with E-state index in [9.17, 15) is 9.90 Å². The highest BCUT2D eigenvalue weighted by atomic mass is 16.8. The Morgan fingerprint density at radius 1 is 1.35 bits per heavy atom. The Morgan fingerprint density at radius 3 is 2.76 bits per heavy atom. The molecular weight excluding hydrogens is 228 g/mol. The van der Waals surface area contributed by atoms with Gasteiger partial charge in [-0.3, -0.25) is 4.79 Å². The van der Waals surface area contributed by atoms with Crippen LogP contribution in [-0.2, 0) is 23.7 Å². The van der Waals surface area contributed by atoms with Crippen molar-refractivity contribution in [2.24, 2.45) is 0 Å². The van der Waals surface area contributed by atoms with E-state index in [0.717, 1.165) is 0 Å². The lowest BCUT2D eigenvalue weighted by Gasteiger charge is -2.40. The van der Waals surface area contributed by atoms with Crippen molar-refractivity contribution < 1.29 is 28.8 Å². The molecule has 0 bridgehead atoms. The molecule has 3 heterocycles. The predicted octanol–water partition coefficient (Wildman–Crippen LogP) is -0.0691. The van der Waals surface area contributed by atoms with Crippen molar-refractivity contribution in [2.75, 3.05) is 6.61 Å². The number of hydrogen-bond donors (Lipinski definition) is 1. The normalized spacial score (nSPS) is 48.2. The molecule has 0 radical (unpaired) electrons. The zero-order valence-corrected chi connectivity index (χ0v) is 9.84. The van der Waals surface area contributed by atoms with Crippen molar-refractivity contribution in [1.29, 1.82) is 0 Å². The number of carbonyl (C=O) groups excluding carboxylic acids is 1. The van der Waals surface area contributed by atoms with Crippen LogP contribution in [-0.4, -0.2) is 47.6 Å². The number of aliphatic hydroxyl groups is 1. The van der Waals surface area contributed by atoms with Crippen molar-refractivity contribution >= 4 is 5.97 Å². The van der Waals surface area contributed by atoms with Crippen LogP contribution in [0.15, 0.2) is 0 Å². The summed E-state index contributed by atoms with van der Waals surface area (Å²) >= 11 is 0. The van der Waals surface area contributed by atoms with E-state index >= 15 is 0 Å². The number of ether oxygens (including phenoxy) is 4. The van der Waals surface area contributed by atoms with Gasteiger partial charge < -0.3 is 24.1 Å². The molecule has 0 amide bonds. The number of hydrogen-bond acceptors (Lipinski definition) is 6. The number of aliphatic hydroxyl groups excluding tert-OH is 1. The molecule has 3 fully saturated rings. The SMILES string of the molecule is CC1(C)OC2[C@@H](CO[C@]3(CCC(=O)O3)[C@H]2O)O1. The summed E-state index contributed by atoms with van der Waals surface area (Å²) in [5.74, 6) is -2.32. The largest absolute Gasteiger partial charge is 0.430 e. The van der Waals surface area contributed by atoms with Crippen LogP contribution in [0.3, 0.4) is 0 Å². The Kier molecular flexibility index (Phi) is 2.29. The lowest BCUT2D eigenvalue weighted by atomic mass is 9.95. The van der Waals surface area contributed by atoms with Gasteiger partial charge in [0, 0.05) is 6.42 Å². The number of carbonyl (C=O) groups is 1. The zero-order chi connectivity index (χ0) is 12.3. The molecule has 96 valence electrons. The van der Waals surface area contributed by atoms with Crippen LogP contribution in [0.2, 0.25) is 0 Å². The third-order valence-corrected chi connectivity index (χ3v) is 3.44. The minimum Gasteiger partial charge on any atom is -0.430 e. The molecule has 0 saturated carbocycles. The molecule has 0 aromatic rings. The number of rotatable bonds is 0. The molecule has 1 spiro atoms. The second-order valence-corrected chi connectivity index (χ2v) is 5.18. The summed E-state index contributed by atoms with van der Waals surface area (Å²) in [5, 5.41) is 10.3. The maximum Gasteiger partial charge on any atom is 0.308 e. The molecule has 0 aromatic heterocycles. The quantitative estimate of drug-likeness (QED) is 0.601. The highest BCUT2D eigenvalue weighted by molar-refractivity contribution is 5.72. The first-order valence-electron chi connectivity index (χ1n) is 5.81. The minimum atomic E-state index is -1.23. The number of esters is 1. The fourth-order valence-electron chi connectivity index (χ4n) is 2.70. The number of fused-ring (bicyclic) bond motifs is 1. The minimum absolute atomic E-state index is 0.262. The van der Waals surface area contributed by atoms with E-state index in [-0.39, 0.29) is 25.1 Å². The van der Waals surface area contributed by atoms with E-state index < -0.39 is 23.8 Å². The first kappa shape index (κ1) is 11.4. The van der Waals surface area contributed by atoms with Crippen LogP contribution >= 0.6 is 0 Å². The van der Waals surface area contributed by atoms with E-state index in [2.05, 4.69) is 0 Å². The van der Waals surface area contributed by atoms with E-state index in [1.165, 1.54) is 0 Å². The first-order chi connectivity index (χ1) is 7.92. The second kappa shape index (κ2) is 3.41. The zero-order valence-electron chi connectivity index (χ0n) is 9.84. The third kappa shape index (κ3) is 1.67. The van der Waals surface area contributed by atoms with Crippen LogP contribution in [0.25, 0.3) is 0 Å². The fraction of sp³-hybridized carbons (Fsp3) is 0.909. The van der Waals surface area contributed by atoms with Gasteiger partial charge in [0.2, 0.25) is 5.79 Å². The van der Waals surface area contributed by atoms with Crippen molar-refractivity contribution in [3.05, 3.63) is 0 Å². The monoisotopic (exact) mass is 244 g/mol. The standard InChI is InChI=1S/C11H16O6/c1-10(2)15-6-5-14-11(4-3-7(12)16-11)9(13)8(6)17-10/h6,8-9,13H,3-5H2,1-2H3/t6-,8?,9+,11+/m1/s1. The average Bonchev–Trinajstić information content (AvgIpc) is 2.75. The van der Waals surface area contributed by atoms with E-state index in [1.807, 2.05) is 0 Å². The van der Waals surface area contributed by atoms with Gasteiger partial charge in [-0.15, -0.1) is 0 Å². The Labute approximate surface area is 98.8 Å². The topological polar surface area (TPSA) is 74.2 Å². The van der Waals surface area contributed by atoms with Gasteiger partial charge in [-0.05, 0) is 13.8 Å². The molecule has 4 atom stereocenters. The lowest BCUT2D eigenvalue weighted by molar-refractivity contribution is -0.299. The van der Waals surface area contributed by atoms with Gasteiger partial charge in [0.25, 0.3) is 0 Å². The van der Waals surface area contributed by atoms with Crippen LogP contribution in [0.5, 0.6) is 0 Å². The highest BCUT2D eigenvalue weighted by Crippen LogP contribution is 2.42. The Bertz CT molecular complexity index is 354. The van der Waals surface area contributed by atoms with Crippen LogP contribution in [0.4, 0.5) is 0 Å². The molecule has 3 saturated heterocycles. The highest BCUT2D eigenvalue weighted by Gasteiger charge is 2.60. The van der Waals surface area contributed by atoms with Crippen molar-refractivity contribution in [3.8, 4) is 0 Å². The maximum atomic E-state index is 11.2. The molecule has 0 aliphatic carbocycles. The van der Waals surface area contributed by atoms with E-state index in [1.54, 1.807) is 13.8 Å². The van der Waals surface area contributed by atoms with Gasteiger partial charge in [-0.2, -0.15) is 0 Å². The molecule has 3 aliphatic heterocycles. The molecular formula is C11H16O6. The van der Waals surface area contributed by atoms with Gasteiger partial charge in [-0.25, -0.2) is 0 Å². The fourth-order valence-corrected chi connectivity index (χ4v) is 2.70. The lowest BCUT2D eigenvalue weighted by Crippen LogP contribution is -2.59. The summed E-state index contributed by atoms with van der Waals surface area (Å²) in [6.07, 6.45) is -1.21. The van der Waals surface area contributed by atoms with Crippen LogP contribution in [0.1, 0.15) is 26.7 Å². The van der Waals surface area contributed by atoms with Crippen molar-refractivity contribution in [3.63, 3.8) is 0 Å². The van der Waals surface area contributed by atoms with E-state index in [4.69, 9.17) is 18.9 Å². The molecule has 1 unspecified atom stereocenters. The smallest absolute Gasteiger partial charge is 0.308 e. The van der Waals surface area contributed by atoms with Crippen molar-refractivity contribution in [2.45, 2.75) is 56.6 Å². The van der Waals surface area contributed by atoms with Gasteiger partial charge in [0.05, 0.1) is 13.0 Å². The molecule has 6 heteroatoms. The Hall–Kier alpha value is -0.690. The molecule has 17 heavy (non-hydrogen) atoms. The summed E-state index contributed by atoms with van der Waals surface area (Å²) in [6.45, 7) is 3.83. The van der Waals surface area contributed by atoms with Crippen LogP contribution in [0, 0.1) is 0 Å².